The minimum atomic E-state index is -4.83. The Kier molecular flexibility index (Phi) is 4.18. The molecule has 0 aromatic carbocycles. The van der Waals surface area contributed by atoms with Gasteiger partial charge in [-0.1, -0.05) is 0 Å². The fraction of sp³-hybridized carbons (Fsp3) is 0.400. The number of pyridine rings is 1. The predicted molar refractivity (Wildman–Crippen MR) is 54.5 cm³/mol. The van der Waals surface area contributed by atoms with E-state index in [-0.39, 0.29) is 23.6 Å². The van der Waals surface area contributed by atoms with E-state index in [0.29, 0.717) is 5.69 Å². The normalized spacial score (nSPS) is 11.1. The molecule has 17 heavy (non-hydrogen) atoms. The number of nitriles is 1. The molecular weight excluding hydrogens is 257 g/mol. The minimum Gasteiger partial charge on any atom is -0.403 e. The van der Waals surface area contributed by atoms with Crippen LogP contribution in [0.2, 0.25) is 0 Å². The smallest absolute Gasteiger partial charge is 0.403 e. The fourth-order valence-electron chi connectivity index (χ4n) is 1.35. The van der Waals surface area contributed by atoms with E-state index in [1.165, 1.54) is 6.07 Å². The van der Waals surface area contributed by atoms with Crippen molar-refractivity contribution in [2.45, 2.75) is 25.6 Å². The quantitative estimate of drug-likeness (QED) is 0.788. The lowest BCUT2D eigenvalue weighted by Crippen LogP contribution is -2.19. The first-order valence-corrected chi connectivity index (χ1v) is 5.09. The molecule has 0 atom stereocenters. The molecule has 3 nitrogen and oxygen atoms in total. The molecule has 1 aromatic heterocycles. The summed E-state index contributed by atoms with van der Waals surface area (Å²) in [4.78, 5) is 3.85. The first-order valence-electron chi connectivity index (χ1n) is 4.55. The van der Waals surface area contributed by atoms with Crippen molar-refractivity contribution in [1.29, 1.82) is 5.26 Å². The van der Waals surface area contributed by atoms with Crippen LogP contribution in [0.15, 0.2) is 6.07 Å². The van der Waals surface area contributed by atoms with Crippen molar-refractivity contribution in [2.75, 3.05) is 0 Å². The van der Waals surface area contributed by atoms with Gasteiger partial charge in [-0.15, -0.1) is 24.8 Å². The number of halogens is 4. The highest BCUT2D eigenvalue weighted by molar-refractivity contribution is 6.17. The summed E-state index contributed by atoms with van der Waals surface area (Å²) in [7, 11) is 0. The van der Waals surface area contributed by atoms with Gasteiger partial charge in [-0.2, -0.15) is 5.26 Å². The Morgan fingerprint density at radius 1 is 1.53 bits per heavy atom. The van der Waals surface area contributed by atoms with Gasteiger partial charge >= 0.3 is 6.36 Å². The number of ether oxygens (including phenoxy) is 1. The zero-order chi connectivity index (χ0) is 13.1. The van der Waals surface area contributed by atoms with Crippen molar-refractivity contribution in [3.05, 3.63) is 23.0 Å². The molecule has 0 bridgehead atoms. The average Bonchev–Trinajstić information content (AvgIpc) is 2.20. The molecule has 0 radical (unpaired) electrons. The third-order valence-corrected chi connectivity index (χ3v) is 2.12. The van der Waals surface area contributed by atoms with E-state index >= 15 is 0 Å². The molecule has 0 amide bonds. The number of nitrogens with zero attached hydrogens (tertiary/aromatic N) is 2. The Balaban J connectivity index is 3.27. The molecule has 0 aliphatic carbocycles. The predicted octanol–water partition coefficient (Wildman–Crippen LogP) is 3.09. The Morgan fingerprint density at radius 3 is 2.65 bits per heavy atom. The first-order chi connectivity index (χ1) is 7.87. The van der Waals surface area contributed by atoms with Crippen molar-refractivity contribution in [2.24, 2.45) is 0 Å². The maximum absolute atomic E-state index is 12.2. The number of alkyl halides is 4. The molecule has 0 N–H and O–H groups in total. The van der Waals surface area contributed by atoms with Gasteiger partial charge in [0.25, 0.3) is 0 Å². The lowest BCUT2D eigenvalue weighted by molar-refractivity contribution is -0.275. The standard InChI is InChI=1S/C10H8ClF3N2O/c1-6-4-7(2-3-15)9(8(5-11)16-6)17-10(12,13)14/h4H,2,5H2,1H3. The van der Waals surface area contributed by atoms with Gasteiger partial charge in [0.1, 0.15) is 0 Å². The van der Waals surface area contributed by atoms with Crippen LogP contribution in [0, 0.1) is 18.3 Å². The molecule has 1 rings (SSSR count). The molecule has 0 saturated carbocycles. The summed E-state index contributed by atoms with van der Waals surface area (Å²) in [5.41, 5.74) is 0.600. The van der Waals surface area contributed by atoms with Crippen LogP contribution in [-0.2, 0) is 12.3 Å². The van der Waals surface area contributed by atoms with E-state index in [1.807, 2.05) is 0 Å². The minimum absolute atomic E-state index is 0.0192. The summed E-state index contributed by atoms with van der Waals surface area (Å²) in [6.45, 7) is 1.61. The number of rotatable bonds is 3. The van der Waals surface area contributed by atoms with Gasteiger partial charge in [-0.05, 0) is 13.0 Å². The number of aryl methyl sites for hydroxylation is 1. The third-order valence-electron chi connectivity index (χ3n) is 1.86. The van der Waals surface area contributed by atoms with Crippen molar-refractivity contribution in [3.63, 3.8) is 0 Å². The highest BCUT2D eigenvalue weighted by atomic mass is 35.5. The Morgan fingerprint density at radius 2 is 2.18 bits per heavy atom. The van der Waals surface area contributed by atoms with Gasteiger partial charge in [0.15, 0.2) is 5.75 Å². The molecular formula is C10H8ClF3N2O. The van der Waals surface area contributed by atoms with E-state index in [1.54, 1.807) is 13.0 Å². The van der Waals surface area contributed by atoms with Crippen LogP contribution in [0.3, 0.4) is 0 Å². The molecule has 92 valence electrons. The van der Waals surface area contributed by atoms with E-state index in [9.17, 15) is 13.2 Å². The van der Waals surface area contributed by atoms with Crippen molar-refractivity contribution in [3.8, 4) is 11.8 Å². The number of hydrogen-bond donors (Lipinski definition) is 0. The third kappa shape index (κ3) is 3.79. The zero-order valence-corrected chi connectivity index (χ0v) is 9.56. The van der Waals surface area contributed by atoms with Crippen LogP contribution >= 0.6 is 11.6 Å². The summed E-state index contributed by atoms with van der Waals surface area (Å²) < 4.78 is 40.5. The summed E-state index contributed by atoms with van der Waals surface area (Å²) in [5, 5.41) is 8.56. The number of aromatic nitrogens is 1. The highest BCUT2D eigenvalue weighted by Crippen LogP contribution is 2.31. The summed E-state index contributed by atoms with van der Waals surface area (Å²) in [6.07, 6.45) is -5.03. The molecule has 0 spiro atoms. The molecule has 0 aliphatic heterocycles. The monoisotopic (exact) mass is 264 g/mol. The van der Waals surface area contributed by atoms with Crippen LogP contribution in [0.5, 0.6) is 5.75 Å². The van der Waals surface area contributed by atoms with E-state index in [2.05, 4.69) is 9.72 Å². The van der Waals surface area contributed by atoms with Crippen molar-refractivity contribution in [1.82, 2.24) is 4.98 Å². The van der Waals surface area contributed by atoms with Gasteiger partial charge in [0.05, 0.1) is 24.1 Å². The Bertz CT molecular complexity index is 454. The van der Waals surface area contributed by atoms with Gasteiger partial charge in [-0.3, -0.25) is 4.98 Å². The number of hydrogen-bond acceptors (Lipinski definition) is 3. The molecule has 1 heterocycles. The fourth-order valence-corrected chi connectivity index (χ4v) is 1.53. The second kappa shape index (κ2) is 5.23. The van der Waals surface area contributed by atoms with Gasteiger partial charge < -0.3 is 4.74 Å². The van der Waals surface area contributed by atoms with Gasteiger partial charge in [0, 0.05) is 11.3 Å². The molecule has 0 aliphatic rings. The Hall–Kier alpha value is -1.48. The maximum atomic E-state index is 12.2. The summed E-state index contributed by atoms with van der Waals surface area (Å²) in [6, 6.07) is 3.15. The van der Waals surface area contributed by atoms with Crippen molar-refractivity contribution < 1.29 is 17.9 Å². The van der Waals surface area contributed by atoms with Crippen LogP contribution in [0.25, 0.3) is 0 Å². The first kappa shape index (κ1) is 13.6. The zero-order valence-electron chi connectivity index (χ0n) is 8.81. The van der Waals surface area contributed by atoms with E-state index < -0.39 is 12.1 Å². The van der Waals surface area contributed by atoms with Crippen LogP contribution < -0.4 is 4.74 Å². The second-order valence-corrected chi connectivity index (χ2v) is 3.48. The topological polar surface area (TPSA) is 45.9 Å². The lowest BCUT2D eigenvalue weighted by Gasteiger charge is -2.15. The van der Waals surface area contributed by atoms with E-state index in [4.69, 9.17) is 16.9 Å². The highest BCUT2D eigenvalue weighted by Gasteiger charge is 2.33. The molecule has 0 saturated heterocycles. The second-order valence-electron chi connectivity index (χ2n) is 3.21. The Labute approximate surface area is 101 Å². The van der Waals surface area contributed by atoms with Crippen LogP contribution in [0.1, 0.15) is 17.0 Å². The SMILES string of the molecule is Cc1cc(CC#N)c(OC(F)(F)F)c(CCl)n1. The van der Waals surface area contributed by atoms with Gasteiger partial charge in [0.2, 0.25) is 0 Å². The van der Waals surface area contributed by atoms with Gasteiger partial charge in [-0.25, -0.2) is 0 Å². The molecule has 0 fully saturated rings. The molecule has 7 heteroatoms. The van der Waals surface area contributed by atoms with Crippen molar-refractivity contribution >= 4 is 11.6 Å². The summed E-state index contributed by atoms with van der Waals surface area (Å²) >= 11 is 5.51. The maximum Gasteiger partial charge on any atom is 0.573 e. The lowest BCUT2D eigenvalue weighted by atomic mass is 10.1. The average molecular weight is 265 g/mol. The molecule has 0 unspecified atom stereocenters. The van der Waals surface area contributed by atoms with Crippen LogP contribution in [-0.4, -0.2) is 11.3 Å². The summed E-state index contributed by atoms with van der Waals surface area (Å²) in [5.74, 6) is -0.689. The van der Waals surface area contributed by atoms with E-state index in [0.717, 1.165) is 0 Å². The largest absolute Gasteiger partial charge is 0.573 e. The molecule has 1 aromatic rings. The van der Waals surface area contributed by atoms with Crippen LogP contribution in [0.4, 0.5) is 13.2 Å².